The average molecular weight is 257 g/mol. The number of nitriles is 1. The van der Waals surface area contributed by atoms with Crippen molar-refractivity contribution >= 4 is 5.78 Å². The lowest BCUT2D eigenvalue weighted by Gasteiger charge is -2.33. The zero-order chi connectivity index (χ0) is 14.0. The van der Waals surface area contributed by atoms with Crippen molar-refractivity contribution in [2.45, 2.75) is 39.0 Å². The molecule has 0 saturated heterocycles. The van der Waals surface area contributed by atoms with Crippen LogP contribution in [0.2, 0.25) is 0 Å². The summed E-state index contributed by atoms with van der Waals surface area (Å²) in [5.74, 6) is 1.04. The smallest absolute Gasteiger partial charge is 0.183 e. The molecule has 1 saturated carbocycles. The molecule has 0 aliphatic heterocycles. The highest BCUT2D eigenvalue weighted by atomic mass is 16.5. The number of carbonyl (C=O) groups excluding carboxylic acids is 1. The highest BCUT2D eigenvalue weighted by Gasteiger charge is 2.44. The number of rotatable bonds is 4. The number of nitrogens with zero attached hydrogens (tertiary/aromatic N) is 1. The van der Waals surface area contributed by atoms with Gasteiger partial charge in [-0.15, -0.1) is 0 Å². The molecule has 19 heavy (non-hydrogen) atoms. The first kappa shape index (κ1) is 13.6. The predicted octanol–water partition coefficient (Wildman–Crippen LogP) is 3.70. The van der Waals surface area contributed by atoms with Gasteiger partial charge in [-0.1, -0.05) is 13.8 Å². The van der Waals surface area contributed by atoms with Crippen molar-refractivity contribution in [3.05, 3.63) is 29.3 Å². The number of ketones is 1. The molecule has 1 aromatic carbocycles. The van der Waals surface area contributed by atoms with Crippen molar-refractivity contribution < 1.29 is 9.53 Å². The van der Waals surface area contributed by atoms with Crippen LogP contribution in [-0.4, -0.2) is 12.9 Å². The van der Waals surface area contributed by atoms with Gasteiger partial charge in [-0.25, -0.2) is 0 Å². The lowest BCUT2D eigenvalue weighted by Crippen LogP contribution is -2.36. The van der Waals surface area contributed by atoms with Crippen LogP contribution in [-0.2, 0) is 0 Å². The lowest BCUT2D eigenvalue weighted by molar-refractivity contribution is 0.0748. The Morgan fingerprint density at radius 2 is 2.11 bits per heavy atom. The summed E-state index contributed by atoms with van der Waals surface area (Å²) in [6, 6.07) is 7.68. The molecule has 100 valence electrons. The van der Waals surface area contributed by atoms with Gasteiger partial charge in [0.25, 0.3) is 0 Å². The van der Waals surface area contributed by atoms with E-state index >= 15 is 0 Å². The van der Waals surface area contributed by atoms with Crippen LogP contribution < -0.4 is 4.74 Å². The Balaban J connectivity index is 2.39. The Bertz CT molecular complexity index is 536. The Morgan fingerprint density at radius 1 is 1.42 bits per heavy atom. The third kappa shape index (κ3) is 2.23. The van der Waals surface area contributed by atoms with Crippen LogP contribution in [0.5, 0.6) is 5.75 Å². The largest absolute Gasteiger partial charge is 0.496 e. The van der Waals surface area contributed by atoms with Crippen molar-refractivity contribution in [1.29, 1.82) is 5.26 Å². The highest BCUT2D eigenvalue weighted by molar-refractivity contribution is 6.03. The topological polar surface area (TPSA) is 50.1 Å². The SMILES string of the molecule is COc1ccc(C(=O)C2(C#N)CCC2)cc1C(C)C. The molecule has 1 aromatic rings. The molecule has 1 fully saturated rings. The molecule has 0 atom stereocenters. The van der Waals surface area contributed by atoms with Crippen molar-refractivity contribution in [2.24, 2.45) is 5.41 Å². The molecule has 0 heterocycles. The van der Waals surface area contributed by atoms with Gasteiger partial charge in [-0.05, 0) is 48.9 Å². The molecule has 0 amide bonds. The molecule has 1 aliphatic carbocycles. The number of ether oxygens (including phenoxy) is 1. The van der Waals surface area contributed by atoms with Gasteiger partial charge in [0, 0.05) is 5.56 Å². The van der Waals surface area contributed by atoms with E-state index in [1.807, 2.05) is 12.1 Å². The van der Waals surface area contributed by atoms with Crippen LogP contribution in [0.15, 0.2) is 18.2 Å². The van der Waals surface area contributed by atoms with Gasteiger partial charge in [0.2, 0.25) is 0 Å². The fourth-order valence-electron chi connectivity index (χ4n) is 2.52. The zero-order valence-electron chi connectivity index (χ0n) is 11.7. The summed E-state index contributed by atoms with van der Waals surface area (Å²) in [6.45, 7) is 4.13. The summed E-state index contributed by atoms with van der Waals surface area (Å²) in [5, 5.41) is 9.25. The fraction of sp³-hybridized carbons (Fsp3) is 0.500. The first-order valence-electron chi connectivity index (χ1n) is 6.68. The number of carbonyl (C=O) groups is 1. The van der Waals surface area contributed by atoms with Crippen molar-refractivity contribution in [3.8, 4) is 11.8 Å². The molecule has 3 heteroatoms. The van der Waals surface area contributed by atoms with Gasteiger partial charge in [0.15, 0.2) is 5.78 Å². The fourth-order valence-corrected chi connectivity index (χ4v) is 2.52. The first-order valence-corrected chi connectivity index (χ1v) is 6.68. The molecule has 3 nitrogen and oxygen atoms in total. The molecule has 0 aromatic heterocycles. The van der Waals surface area contributed by atoms with E-state index in [0.29, 0.717) is 18.4 Å². The van der Waals surface area contributed by atoms with Crippen LogP contribution >= 0.6 is 0 Å². The minimum atomic E-state index is -0.775. The summed E-state index contributed by atoms with van der Waals surface area (Å²) >= 11 is 0. The monoisotopic (exact) mass is 257 g/mol. The third-order valence-electron chi connectivity index (χ3n) is 3.97. The predicted molar refractivity (Wildman–Crippen MR) is 73.3 cm³/mol. The van der Waals surface area contributed by atoms with Crippen LogP contribution in [0.4, 0.5) is 0 Å². The zero-order valence-corrected chi connectivity index (χ0v) is 11.7. The van der Waals surface area contributed by atoms with E-state index in [1.54, 1.807) is 13.2 Å². The second-order valence-electron chi connectivity index (χ2n) is 5.49. The van der Waals surface area contributed by atoms with Gasteiger partial charge in [-0.2, -0.15) is 5.26 Å². The van der Waals surface area contributed by atoms with E-state index in [0.717, 1.165) is 17.7 Å². The maximum atomic E-state index is 12.5. The standard InChI is InChI=1S/C16H19NO2/c1-11(2)13-9-12(5-6-14(13)19-3)15(18)16(10-17)7-4-8-16/h5-6,9,11H,4,7-8H2,1-3H3. The van der Waals surface area contributed by atoms with Gasteiger partial charge < -0.3 is 4.74 Å². The minimum Gasteiger partial charge on any atom is -0.496 e. The summed E-state index contributed by atoms with van der Waals surface area (Å²) in [4.78, 5) is 12.5. The van der Waals surface area contributed by atoms with Crippen molar-refractivity contribution in [2.75, 3.05) is 7.11 Å². The van der Waals surface area contributed by atoms with E-state index in [9.17, 15) is 10.1 Å². The van der Waals surface area contributed by atoms with E-state index in [1.165, 1.54) is 0 Å². The molecule has 2 rings (SSSR count). The maximum Gasteiger partial charge on any atom is 0.183 e. The van der Waals surface area contributed by atoms with E-state index in [4.69, 9.17) is 4.74 Å². The first-order chi connectivity index (χ1) is 9.04. The second kappa shape index (κ2) is 5.05. The summed E-state index contributed by atoms with van der Waals surface area (Å²) < 4.78 is 5.32. The Kier molecular flexibility index (Phi) is 3.61. The molecule has 0 radical (unpaired) electrons. The van der Waals surface area contributed by atoms with Gasteiger partial charge >= 0.3 is 0 Å². The van der Waals surface area contributed by atoms with Crippen LogP contribution in [0, 0.1) is 16.7 Å². The average Bonchev–Trinajstić information content (AvgIpc) is 2.37. The van der Waals surface area contributed by atoms with Crippen LogP contribution in [0.25, 0.3) is 0 Å². The van der Waals surface area contributed by atoms with Gasteiger partial charge in [0.05, 0.1) is 13.2 Å². The second-order valence-corrected chi connectivity index (χ2v) is 5.49. The Hall–Kier alpha value is -1.82. The summed E-state index contributed by atoms with van der Waals surface area (Å²) in [5.41, 5.74) is 0.870. The van der Waals surface area contributed by atoms with E-state index in [2.05, 4.69) is 19.9 Å². The normalized spacial score (nSPS) is 16.6. The third-order valence-corrected chi connectivity index (χ3v) is 3.97. The number of hydrogen-bond donors (Lipinski definition) is 0. The molecule has 0 N–H and O–H groups in total. The van der Waals surface area contributed by atoms with Crippen molar-refractivity contribution in [3.63, 3.8) is 0 Å². The summed E-state index contributed by atoms with van der Waals surface area (Å²) in [6.07, 6.45) is 2.34. The molecule has 0 spiro atoms. The summed E-state index contributed by atoms with van der Waals surface area (Å²) in [7, 11) is 1.63. The van der Waals surface area contributed by atoms with E-state index < -0.39 is 5.41 Å². The Labute approximate surface area is 114 Å². The number of Topliss-reactive ketones (excluding diaryl/α,β-unsaturated/α-hetero) is 1. The molecule has 0 unspecified atom stereocenters. The van der Waals surface area contributed by atoms with Gasteiger partial charge in [0.1, 0.15) is 11.2 Å². The number of benzene rings is 1. The minimum absolute atomic E-state index is 0.0363. The number of methoxy groups -OCH3 is 1. The van der Waals surface area contributed by atoms with E-state index in [-0.39, 0.29) is 11.7 Å². The maximum absolute atomic E-state index is 12.5. The van der Waals surface area contributed by atoms with Crippen LogP contribution in [0.1, 0.15) is 54.9 Å². The number of hydrogen-bond acceptors (Lipinski definition) is 3. The Morgan fingerprint density at radius 3 is 2.53 bits per heavy atom. The van der Waals surface area contributed by atoms with Crippen molar-refractivity contribution in [1.82, 2.24) is 0 Å². The van der Waals surface area contributed by atoms with Crippen LogP contribution in [0.3, 0.4) is 0 Å². The molecular weight excluding hydrogens is 238 g/mol. The lowest BCUT2D eigenvalue weighted by atomic mass is 9.65. The molecular formula is C16H19NO2. The molecule has 0 bridgehead atoms. The van der Waals surface area contributed by atoms with Gasteiger partial charge in [-0.3, -0.25) is 4.79 Å². The quantitative estimate of drug-likeness (QED) is 0.773. The highest BCUT2D eigenvalue weighted by Crippen LogP contribution is 2.43. The molecule has 1 aliphatic rings.